The smallest absolute Gasteiger partial charge is 0.415 e. The molecule has 2 aromatic carbocycles. The second-order valence-corrected chi connectivity index (χ2v) is 8.60. The van der Waals surface area contributed by atoms with E-state index in [9.17, 15) is 14.7 Å². The van der Waals surface area contributed by atoms with Crippen molar-refractivity contribution >= 4 is 35.3 Å². The molecule has 0 aliphatic heterocycles. The molecule has 0 radical (unpaired) electrons. The van der Waals surface area contributed by atoms with Crippen LogP contribution in [0.2, 0.25) is 10.0 Å². The molecule has 0 saturated carbocycles. The predicted octanol–water partition coefficient (Wildman–Crippen LogP) is 5.56. The number of hydrogen-bond acceptors (Lipinski definition) is 5. The van der Waals surface area contributed by atoms with Gasteiger partial charge in [0, 0.05) is 24.6 Å². The number of rotatable bonds is 12. The number of hydrogen-bond donors (Lipinski definition) is 1. The number of halogens is 2. The zero-order valence-corrected chi connectivity index (χ0v) is 20.4. The SMILES string of the molecule is CCOC(Cc1ccc(OCCN(CC(C)C)C(=O)Oc2ccc(Cl)cc2Cl)cc1)C(=O)O. The van der Waals surface area contributed by atoms with Gasteiger partial charge in [-0.25, -0.2) is 9.59 Å². The van der Waals surface area contributed by atoms with E-state index < -0.39 is 18.2 Å². The van der Waals surface area contributed by atoms with Crippen LogP contribution in [0.4, 0.5) is 4.79 Å². The summed E-state index contributed by atoms with van der Waals surface area (Å²) in [6, 6.07) is 11.8. The van der Waals surface area contributed by atoms with E-state index in [1.54, 1.807) is 48.2 Å². The summed E-state index contributed by atoms with van der Waals surface area (Å²) in [5, 5.41) is 9.92. The first-order valence-electron chi connectivity index (χ1n) is 10.7. The van der Waals surface area contributed by atoms with Crippen LogP contribution in [0, 0.1) is 5.92 Å². The molecule has 1 unspecified atom stereocenters. The fourth-order valence-corrected chi connectivity index (χ4v) is 3.49. The molecular weight excluding hydrogens is 469 g/mol. The third-order valence-corrected chi connectivity index (χ3v) is 5.08. The monoisotopic (exact) mass is 497 g/mol. The number of carboxylic acid groups (broad SMARTS) is 1. The molecule has 1 amide bonds. The van der Waals surface area contributed by atoms with E-state index in [1.807, 2.05) is 13.8 Å². The van der Waals surface area contributed by atoms with E-state index in [1.165, 1.54) is 6.07 Å². The normalized spacial score (nSPS) is 11.8. The molecule has 0 spiro atoms. The molecule has 0 aromatic heterocycles. The van der Waals surface area contributed by atoms with Crippen LogP contribution < -0.4 is 9.47 Å². The Balaban J connectivity index is 1.92. The Labute approximate surface area is 204 Å². The molecule has 1 atom stereocenters. The minimum Gasteiger partial charge on any atom is -0.492 e. The van der Waals surface area contributed by atoms with Gasteiger partial charge in [-0.3, -0.25) is 0 Å². The number of carbonyl (C=O) groups excluding carboxylic acids is 1. The lowest BCUT2D eigenvalue weighted by molar-refractivity contribution is -0.149. The molecule has 7 nitrogen and oxygen atoms in total. The number of aliphatic carboxylic acids is 1. The van der Waals surface area contributed by atoms with Crippen molar-refractivity contribution in [2.75, 3.05) is 26.3 Å². The van der Waals surface area contributed by atoms with Gasteiger partial charge in [0.05, 0.1) is 11.6 Å². The van der Waals surface area contributed by atoms with Crippen LogP contribution in [0.5, 0.6) is 11.5 Å². The standard InChI is InChI=1S/C24H29Cl2NO6/c1-4-31-22(23(28)29)13-17-5-8-19(9-6-17)32-12-11-27(15-16(2)3)24(30)33-21-10-7-18(25)14-20(21)26/h5-10,14,16,22H,4,11-13,15H2,1-3H3,(H,28,29). The Morgan fingerprint density at radius 3 is 2.36 bits per heavy atom. The van der Waals surface area contributed by atoms with E-state index >= 15 is 0 Å². The highest BCUT2D eigenvalue weighted by Gasteiger charge is 2.20. The number of amides is 1. The Hall–Kier alpha value is -2.48. The molecule has 2 rings (SSSR count). The highest BCUT2D eigenvalue weighted by Crippen LogP contribution is 2.28. The molecule has 0 heterocycles. The first-order valence-corrected chi connectivity index (χ1v) is 11.4. The van der Waals surface area contributed by atoms with Gasteiger partial charge in [0.25, 0.3) is 0 Å². The lowest BCUT2D eigenvalue weighted by Gasteiger charge is -2.24. The molecule has 2 aromatic rings. The zero-order chi connectivity index (χ0) is 24.4. The molecule has 33 heavy (non-hydrogen) atoms. The van der Waals surface area contributed by atoms with Crippen molar-refractivity contribution in [2.45, 2.75) is 33.3 Å². The fraction of sp³-hybridized carbons (Fsp3) is 0.417. The molecule has 0 aliphatic rings. The minimum absolute atomic E-state index is 0.227. The third-order valence-electron chi connectivity index (χ3n) is 4.55. The Morgan fingerprint density at radius 2 is 1.79 bits per heavy atom. The van der Waals surface area contributed by atoms with Gasteiger partial charge >= 0.3 is 12.1 Å². The zero-order valence-electron chi connectivity index (χ0n) is 18.9. The maximum Gasteiger partial charge on any atom is 0.415 e. The Kier molecular flexibility index (Phi) is 10.8. The Bertz CT molecular complexity index is 920. The lowest BCUT2D eigenvalue weighted by atomic mass is 10.1. The van der Waals surface area contributed by atoms with Gasteiger partial charge in [0.15, 0.2) is 11.9 Å². The highest BCUT2D eigenvalue weighted by atomic mass is 35.5. The number of benzene rings is 2. The van der Waals surface area contributed by atoms with Crippen LogP contribution in [-0.2, 0) is 16.0 Å². The average molecular weight is 498 g/mol. The van der Waals surface area contributed by atoms with Crippen molar-refractivity contribution in [1.82, 2.24) is 4.90 Å². The van der Waals surface area contributed by atoms with Crippen molar-refractivity contribution in [3.05, 3.63) is 58.1 Å². The molecule has 1 N–H and O–H groups in total. The third kappa shape index (κ3) is 9.12. The van der Waals surface area contributed by atoms with Crippen LogP contribution in [0.3, 0.4) is 0 Å². The summed E-state index contributed by atoms with van der Waals surface area (Å²) in [4.78, 5) is 25.5. The fourth-order valence-electron chi connectivity index (χ4n) is 3.04. The first-order chi connectivity index (χ1) is 15.7. The van der Waals surface area contributed by atoms with Gasteiger partial charge in [0.1, 0.15) is 12.4 Å². The van der Waals surface area contributed by atoms with Gasteiger partial charge in [-0.15, -0.1) is 0 Å². The van der Waals surface area contributed by atoms with Crippen LogP contribution in [-0.4, -0.2) is 54.5 Å². The molecule has 0 bridgehead atoms. The molecule has 0 fully saturated rings. The molecule has 180 valence electrons. The summed E-state index contributed by atoms with van der Waals surface area (Å²) in [6.45, 7) is 7.15. The molecule has 9 heteroatoms. The number of carbonyl (C=O) groups is 2. The average Bonchev–Trinajstić information content (AvgIpc) is 2.75. The van der Waals surface area contributed by atoms with Gasteiger partial charge in [-0.05, 0) is 48.7 Å². The maximum atomic E-state index is 12.7. The lowest BCUT2D eigenvalue weighted by Crippen LogP contribution is -2.39. The van der Waals surface area contributed by atoms with Crippen molar-refractivity contribution in [3.8, 4) is 11.5 Å². The number of carboxylic acids is 1. The first kappa shape index (κ1) is 26.8. The van der Waals surface area contributed by atoms with E-state index in [0.717, 1.165) is 5.56 Å². The molecule has 0 saturated heterocycles. The van der Waals surface area contributed by atoms with E-state index in [4.69, 9.17) is 37.4 Å². The topological polar surface area (TPSA) is 85.3 Å². The van der Waals surface area contributed by atoms with Gasteiger partial charge in [-0.2, -0.15) is 0 Å². The summed E-state index contributed by atoms with van der Waals surface area (Å²) in [5.74, 6) is 0.0860. The number of nitrogens with zero attached hydrogens (tertiary/aromatic N) is 1. The predicted molar refractivity (Wildman–Crippen MR) is 128 cm³/mol. The molecule has 0 aliphatic carbocycles. The largest absolute Gasteiger partial charge is 0.492 e. The van der Waals surface area contributed by atoms with Crippen molar-refractivity contribution in [1.29, 1.82) is 0 Å². The van der Waals surface area contributed by atoms with Crippen LogP contribution >= 0.6 is 23.2 Å². The van der Waals surface area contributed by atoms with Gasteiger partial charge in [0.2, 0.25) is 0 Å². The van der Waals surface area contributed by atoms with E-state index in [0.29, 0.717) is 30.5 Å². The Morgan fingerprint density at radius 1 is 1.09 bits per heavy atom. The number of ether oxygens (including phenoxy) is 3. The van der Waals surface area contributed by atoms with E-state index in [2.05, 4.69) is 0 Å². The van der Waals surface area contributed by atoms with Crippen molar-refractivity contribution in [3.63, 3.8) is 0 Å². The van der Waals surface area contributed by atoms with Crippen LogP contribution in [0.15, 0.2) is 42.5 Å². The van der Waals surface area contributed by atoms with Gasteiger partial charge in [-0.1, -0.05) is 49.2 Å². The second-order valence-electron chi connectivity index (χ2n) is 7.76. The van der Waals surface area contributed by atoms with Crippen LogP contribution in [0.1, 0.15) is 26.3 Å². The minimum atomic E-state index is -0.991. The highest BCUT2D eigenvalue weighted by molar-refractivity contribution is 6.35. The summed E-state index contributed by atoms with van der Waals surface area (Å²) in [6.07, 6.45) is -1.14. The van der Waals surface area contributed by atoms with Gasteiger partial charge < -0.3 is 24.2 Å². The van der Waals surface area contributed by atoms with Crippen molar-refractivity contribution in [2.24, 2.45) is 5.92 Å². The second kappa shape index (κ2) is 13.3. The van der Waals surface area contributed by atoms with E-state index in [-0.39, 0.29) is 29.7 Å². The summed E-state index contributed by atoms with van der Waals surface area (Å²) < 4.78 is 16.5. The van der Waals surface area contributed by atoms with Crippen LogP contribution in [0.25, 0.3) is 0 Å². The quantitative estimate of drug-likeness (QED) is 0.413. The maximum absolute atomic E-state index is 12.7. The summed E-state index contributed by atoms with van der Waals surface area (Å²) in [7, 11) is 0. The van der Waals surface area contributed by atoms with Crippen molar-refractivity contribution < 1.29 is 28.9 Å². The summed E-state index contributed by atoms with van der Waals surface area (Å²) >= 11 is 12.0. The molecular formula is C24H29Cl2NO6. The summed E-state index contributed by atoms with van der Waals surface area (Å²) in [5.41, 5.74) is 0.827.